The number of pyridine rings is 1. The number of alkyl halides is 5. The third-order valence-corrected chi connectivity index (χ3v) is 7.04. The highest BCUT2D eigenvalue weighted by molar-refractivity contribution is 5.99. The molecular weight excluding hydrogens is 597 g/mol. The number of rotatable bonds is 5. The lowest BCUT2D eigenvalue weighted by Crippen LogP contribution is -2.43. The average Bonchev–Trinajstić information content (AvgIpc) is 3.44. The van der Waals surface area contributed by atoms with Gasteiger partial charge in [-0.1, -0.05) is 24.3 Å². The number of carbonyl (C=O) groups excluding carboxylic acids is 1. The first kappa shape index (κ1) is 30.6. The maximum Gasteiger partial charge on any atom is 0.417 e. The first-order valence-electron chi connectivity index (χ1n) is 12.9. The first-order chi connectivity index (χ1) is 20.5. The maximum atomic E-state index is 15.3. The second-order valence-corrected chi connectivity index (χ2v) is 10.7. The van der Waals surface area contributed by atoms with Crippen molar-refractivity contribution in [1.29, 1.82) is 5.26 Å². The molecule has 0 spiro atoms. The number of halogens is 7. The number of hydrogen-bond acceptors (Lipinski definition) is 7. The molecule has 5 rings (SSSR count). The summed E-state index contributed by atoms with van der Waals surface area (Å²) in [6.07, 6.45) is -5.40. The summed E-state index contributed by atoms with van der Waals surface area (Å²) in [5.74, 6) is -7.54. The minimum absolute atomic E-state index is 0.114. The molecule has 1 unspecified atom stereocenters. The van der Waals surface area contributed by atoms with Crippen LogP contribution in [0.5, 0.6) is 0 Å². The molecule has 228 valence electrons. The second-order valence-electron chi connectivity index (χ2n) is 10.7. The Labute approximate surface area is 244 Å². The summed E-state index contributed by atoms with van der Waals surface area (Å²) in [4.78, 5) is 17.8. The van der Waals surface area contributed by atoms with E-state index in [2.05, 4.69) is 15.2 Å². The van der Waals surface area contributed by atoms with E-state index in [1.165, 1.54) is 38.1 Å². The van der Waals surface area contributed by atoms with Gasteiger partial charge in [0.1, 0.15) is 22.7 Å². The maximum absolute atomic E-state index is 15.3. The van der Waals surface area contributed by atoms with E-state index in [9.17, 15) is 27.6 Å². The van der Waals surface area contributed by atoms with Crippen molar-refractivity contribution in [2.24, 2.45) is 5.73 Å². The van der Waals surface area contributed by atoms with Crippen LogP contribution in [-0.2, 0) is 28.9 Å². The van der Waals surface area contributed by atoms with Crippen molar-refractivity contribution in [3.05, 3.63) is 82.9 Å². The van der Waals surface area contributed by atoms with Gasteiger partial charge in [-0.25, -0.2) is 17.6 Å². The lowest BCUT2D eigenvalue weighted by Gasteiger charge is -2.25. The molecule has 8 nitrogen and oxygen atoms in total. The average molecular weight is 619 g/mol. The summed E-state index contributed by atoms with van der Waals surface area (Å²) in [6.45, 7) is 2.61. The van der Waals surface area contributed by atoms with E-state index in [-0.39, 0.29) is 29.4 Å². The van der Waals surface area contributed by atoms with Crippen molar-refractivity contribution < 1.29 is 39.9 Å². The quantitative estimate of drug-likeness (QED) is 0.262. The van der Waals surface area contributed by atoms with Crippen molar-refractivity contribution in [1.82, 2.24) is 15.2 Å². The Morgan fingerprint density at radius 2 is 1.77 bits per heavy atom. The molecule has 0 aliphatic carbocycles. The third kappa shape index (κ3) is 5.60. The molecule has 0 fully saturated rings. The molecule has 1 atom stereocenters. The second kappa shape index (κ2) is 10.7. The van der Waals surface area contributed by atoms with Crippen molar-refractivity contribution in [3.8, 4) is 28.8 Å². The Hall–Kier alpha value is -4.84. The number of hydrogen-bond donors (Lipinski definition) is 1. The number of amides is 1. The fourth-order valence-corrected chi connectivity index (χ4v) is 4.59. The van der Waals surface area contributed by atoms with Crippen LogP contribution in [0, 0.1) is 23.0 Å². The number of aromatic nitrogens is 3. The van der Waals surface area contributed by atoms with Crippen molar-refractivity contribution in [2.45, 2.75) is 50.4 Å². The van der Waals surface area contributed by atoms with Crippen LogP contribution in [0.25, 0.3) is 22.7 Å². The Morgan fingerprint density at radius 3 is 2.39 bits per heavy atom. The minimum atomic E-state index is -4.79. The molecule has 2 N–H and O–H groups in total. The van der Waals surface area contributed by atoms with Crippen LogP contribution in [0.4, 0.5) is 36.4 Å². The largest absolute Gasteiger partial charge is 0.419 e. The lowest BCUT2D eigenvalue weighted by molar-refractivity contribution is -0.138. The molecule has 2 aromatic carbocycles. The van der Waals surface area contributed by atoms with Crippen LogP contribution in [-0.4, -0.2) is 27.1 Å². The van der Waals surface area contributed by atoms with Gasteiger partial charge in [-0.05, 0) is 37.6 Å². The van der Waals surface area contributed by atoms with E-state index >= 15 is 13.2 Å². The van der Waals surface area contributed by atoms with Crippen LogP contribution >= 0.6 is 0 Å². The SMILES string of the molecule is CC(C)(C#N)c1nnc(-c2cc3c(cc2F)C(F)(F)CC(N)C(=O)N3Cc2ccc(-c3ncc(C(F)(F)F)cc3F)cc2)o1. The van der Waals surface area contributed by atoms with Crippen LogP contribution in [0.3, 0.4) is 0 Å². The first-order valence-corrected chi connectivity index (χ1v) is 12.9. The van der Waals surface area contributed by atoms with Gasteiger partial charge in [-0.3, -0.25) is 9.78 Å². The van der Waals surface area contributed by atoms with Crippen molar-refractivity contribution >= 4 is 11.6 Å². The summed E-state index contributed by atoms with van der Waals surface area (Å²) < 4.78 is 104. The molecule has 3 heterocycles. The van der Waals surface area contributed by atoms with Gasteiger partial charge < -0.3 is 15.1 Å². The third-order valence-electron chi connectivity index (χ3n) is 7.04. The molecule has 0 bridgehead atoms. The topological polar surface area (TPSA) is 122 Å². The van der Waals surface area contributed by atoms with Crippen LogP contribution < -0.4 is 10.6 Å². The normalized spacial score (nSPS) is 16.8. The molecule has 44 heavy (non-hydrogen) atoms. The van der Waals surface area contributed by atoms with Gasteiger partial charge >= 0.3 is 6.18 Å². The number of anilines is 1. The Bertz CT molecular complexity index is 1800. The number of benzene rings is 2. The van der Waals surface area contributed by atoms with E-state index in [0.717, 1.165) is 11.0 Å². The monoisotopic (exact) mass is 618 g/mol. The fraction of sp³-hybridized carbons (Fsp3) is 0.276. The molecule has 0 saturated carbocycles. The Balaban J connectivity index is 1.54. The Kier molecular flexibility index (Phi) is 7.45. The van der Waals surface area contributed by atoms with E-state index in [0.29, 0.717) is 23.9 Å². The van der Waals surface area contributed by atoms with E-state index in [1.807, 2.05) is 6.07 Å². The van der Waals surface area contributed by atoms with Gasteiger partial charge in [-0.2, -0.15) is 18.4 Å². The van der Waals surface area contributed by atoms with Gasteiger partial charge in [0.25, 0.3) is 11.8 Å². The number of nitrogens with two attached hydrogens (primary N) is 1. The van der Waals surface area contributed by atoms with Gasteiger partial charge in [-0.15, -0.1) is 10.2 Å². The predicted octanol–water partition coefficient (Wildman–Crippen LogP) is 6.25. The number of fused-ring (bicyclic) bond motifs is 1. The molecule has 1 aliphatic rings. The summed E-state index contributed by atoms with van der Waals surface area (Å²) >= 11 is 0. The zero-order chi connectivity index (χ0) is 32.2. The van der Waals surface area contributed by atoms with E-state index in [1.54, 1.807) is 0 Å². The molecular formula is C29H21F7N6O2. The minimum Gasteiger partial charge on any atom is -0.419 e. The predicted molar refractivity (Wildman–Crippen MR) is 141 cm³/mol. The van der Waals surface area contributed by atoms with Crippen molar-refractivity contribution in [2.75, 3.05) is 4.90 Å². The van der Waals surface area contributed by atoms with Crippen LogP contribution in [0.1, 0.15) is 42.8 Å². The van der Waals surface area contributed by atoms with Gasteiger partial charge in [0.15, 0.2) is 0 Å². The summed E-state index contributed by atoms with van der Waals surface area (Å²) in [7, 11) is 0. The van der Waals surface area contributed by atoms with Gasteiger partial charge in [0.2, 0.25) is 11.8 Å². The molecule has 0 radical (unpaired) electrons. The Morgan fingerprint density at radius 1 is 1.09 bits per heavy atom. The highest BCUT2D eigenvalue weighted by Gasteiger charge is 2.45. The summed E-state index contributed by atoms with van der Waals surface area (Å²) in [5.41, 5.74) is 1.81. The van der Waals surface area contributed by atoms with Crippen molar-refractivity contribution in [3.63, 3.8) is 0 Å². The zero-order valence-corrected chi connectivity index (χ0v) is 22.9. The zero-order valence-electron chi connectivity index (χ0n) is 22.9. The van der Waals surface area contributed by atoms with E-state index in [4.69, 9.17) is 10.2 Å². The van der Waals surface area contributed by atoms with Gasteiger partial charge in [0, 0.05) is 23.7 Å². The van der Waals surface area contributed by atoms with Gasteiger partial charge in [0.05, 0.1) is 35.5 Å². The smallest absolute Gasteiger partial charge is 0.417 e. The molecule has 1 aliphatic heterocycles. The van der Waals surface area contributed by atoms with E-state index < -0.39 is 70.1 Å². The number of nitriles is 1. The molecule has 1 amide bonds. The number of nitrogens with zero attached hydrogens (tertiary/aromatic N) is 5. The molecule has 2 aromatic heterocycles. The summed E-state index contributed by atoms with van der Waals surface area (Å²) in [6, 6.07) is 7.58. The molecule has 0 saturated heterocycles. The van der Waals surface area contributed by atoms with Crippen LogP contribution in [0.2, 0.25) is 0 Å². The highest BCUT2D eigenvalue weighted by atomic mass is 19.4. The van der Waals surface area contributed by atoms with Crippen LogP contribution in [0.15, 0.2) is 53.1 Å². The number of carbonyl (C=O) groups is 1. The molecule has 15 heteroatoms. The highest BCUT2D eigenvalue weighted by Crippen LogP contribution is 2.45. The lowest BCUT2D eigenvalue weighted by atomic mass is 9.96. The fourth-order valence-electron chi connectivity index (χ4n) is 4.59. The summed E-state index contributed by atoms with van der Waals surface area (Å²) in [5, 5.41) is 16.9. The standard InChI is InChI=1S/C29H21F7N6O2/c1-27(2,13-37)26-41-40-24(44-26)17-8-22-18(9-19(17)30)28(32,33)10-21(38)25(43)42(22)12-14-3-5-15(6-4-14)23-20(31)7-16(11-39-23)29(34,35)36/h3-9,11,21H,10,12,38H2,1-2H3. The molecule has 4 aromatic rings.